The molecule has 1 saturated carbocycles. The van der Waals surface area contributed by atoms with Gasteiger partial charge < -0.3 is 5.32 Å². The predicted octanol–water partition coefficient (Wildman–Crippen LogP) is 4.50. The third-order valence-electron chi connectivity index (χ3n) is 4.97. The maximum Gasteiger partial charge on any atom is 0.258 e. The van der Waals surface area contributed by atoms with Gasteiger partial charge in [-0.2, -0.15) is 5.10 Å². The van der Waals surface area contributed by atoms with Gasteiger partial charge in [-0.25, -0.2) is 9.82 Å². The minimum Gasteiger partial charge on any atom is -0.322 e. The Bertz CT molecular complexity index is 889. The molecule has 2 amide bonds. The van der Waals surface area contributed by atoms with E-state index in [1.54, 1.807) is 31.2 Å². The molecule has 0 unspecified atom stereocenters. The van der Waals surface area contributed by atoms with Crippen LogP contribution in [0, 0.1) is 11.7 Å². The van der Waals surface area contributed by atoms with Crippen LogP contribution in [-0.4, -0.2) is 17.5 Å². The fraction of sp³-hybridized carbons (Fsp3) is 0.318. The number of hydrogen-bond donors (Lipinski definition) is 2. The van der Waals surface area contributed by atoms with E-state index in [4.69, 9.17) is 0 Å². The van der Waals surface area contributed by atoms with Gasteiger partial charge in [-0.05, 0) is 49.6 Å². The van der Waals surface area contributed by atoms with E-state index in [2.05, 4.69) is 15.8 Å². The van der Waals surface area contributed by atoms with Crippen molar-refractivity contribution < 1.29 is 14.0 Å². The van der Waals surface area contributed by atoms with Crippen LogP contribution in [0.25, 0.3) is 0 Å². The van der Waals surface area contributed by atoms with E-state index >= 15 is 0 Å². The molecule has 28 heavy (non-hydrogen) atoms. The lowest BCUT2D eigenvalue weighted by Crippen LogP contribution is -2.29. The summed E-state index contributed by atoms with van der Waals surface area (Å²) in [6.07, 6.45) is 5.20. The smallest absolute Gasteiger partial charge is 0.258 e. The van der Waals surface area contributed by atoms with E-state index in [9.17, 15) is 14.0 Å². The van der Waals surface area contributed by atoms with Crippen LogP contribution in [0.5, 0.6) is 0 Å². The number of halogens is 1. The number of benzene rings is 2. The number of anilines is 1. The van der Waals surface area contributed by atoms with Gasteiger partial charge >= 0.3 is 0 Å². The molecule has 146 valence electrons. The van der Waals surface area contributed by atoms with E-state index in [1.807, 2.05) is 6.07 Å². The monoisotopic (exact) mass is 381 g/mol. The molecule has 0 radical (unpaired) electrons. The molecule has 1 aliphatic carbocycles. The summed E-state index contributed by atoms with van der Waals surface area (Å²) in [5, 5.41) is 6.90. The van der Waals surface area contributed by atoms with Crippen molar-refractivity contribution in [3.63, 3.8) is 0 Å². The standard InChI is InChI=1S/C22H24FN3O2/c1-15(25-26-21(27)16-8-3-2-4-9-16)17-10-7-11-18(14-17)24-22(28)19-12-5-6-13-20(19)23/h5-7,10-14,16H,2-4,8-9H2,1H3,(H,24,28)(H,26,27)/b25-15-. The van der Waals surface area contributed by atoms with Gasteiger partial charge in [0.1, 0.15) is 5.82 Å². The maximum atomic E-state index is 13.8. The zero-order chi connectivity index (χ0) is 19.9. The molecule has 0 atom stereocenters. The van der Waals surface area contributed by atoms with Crippen LogP contribution in [-0.2, 0) is 4.79 Å². The Balaban J connectivity index is 1.65. The van der Waals surface area contributed by atoms with Crippen molar-refractivity contribution in [2.24, 2.45) is 11.0 Å². The van der Waals surface area contributed by atoms with Crippen LogP contribution in [0.15, 0.2) is 53.6 Å². The quantitative estimate of drug-likeness (QED) is 0.591. The molecule has 6 heteroatoms. The number of nitrogens with zero attached hydrogens (tertiary/aromatic N) is 1. The first kappa shape index (κ1) is 19.7. The SMILES string of the molecule is C/C(=N/NC(=O)C1CCCCC1)c1cccc(NC(=O)c2ccccc2F)c1. The zero-order valence-electron chi connectivity index (χ0n) is 15.9. The highest BCUT2D eigenvalue weighted by molar-refractivity contribution is 6.05. The van der Waals surface area contributed by atoms with Gasteiger partial charge in [0.15, 0.2) is 0 Å². The average Bonchev–Trinajstić information content (AvgIpc) is 2.72. The molecule has 1 fully saturated rings. The van der Waals surface area contributed by atoms with Gasteiger partial charge in [-0.15, -0.1) is 0 Å². The summed E-state index contributed by atoms with van der Waals surface area (Å²) in [5.41, 5.74) is 4.56. The Kier molecular flexibility index (Phi) is 6.53. The Hall–Kier alpha value is -3.02. The number of hydrazone groups is 1. The van der Waals surface area contributed by atoms with Crippen molar-refractivity contribution in [1.82, 2.24) is 5.43 Å². The van der Waals surface area contributed by atoms with Gasteiger partial charge in [0, 0.05) is 11.6 Å². The fourth-order valence-electron chi connectivity index (χ4n) is 3.33. The third kappa shape index (κ3) is 5.03. The van der Waals surface area contributed by atoms with E-state index < -0.39 is 11.7 Å². The zero-order valence-corrected chi connectivity index (χ0v) is 15.9. The summed E-state index contributed by atoms with van der Waals surface area (Å²) in [7, 11) is 0. The summed E-state index contributed by atoms with van der Waals surface area (Å²) in [6, 6.07) is 12.9. The number of rotatable bonds is 5. The largest absolute Gasteiger partial charge is 0.322 e. The second-order valence-corrected chi connectivity index (χ2v) is 7.02. The molecular formula is C22H24FN3O2. The van der Waals surface area contributed by atoms with Crippen LogP contribution in [0.4, 0.5) is 10.1 Å². The molecule has 0 heterocycles. The molecule has 0 bridgehead atoms. The van der Waals surface area contributed by atoms with Gasteiger partial charge in [0.2, 0.25) is 5.91 Å². The molecule has 2 aromatic carbocycles. The summed E-state index contributed by atoms with van der Waals surface area (Å²) >= 11 is 0. The normalized spacial score (nSPS) is 15.1. The van der Waals surface area contributed by atoms with Gasteiger partial charge in [0.25, 0.3) is 5.91 Å². The highest BCUT2D eigenvalue weighted by atomic mass is 19.1. The van der Waals surface area contributed by atoms with E-state index in [0.717, 1.165) is 31.2 Å². The van der Waals surface area contributed by atoms with E-state index in [-0.39, 0.29) is 17.4 Å². The summed E-state index contributed by atoms with van der Waals surface area (Å²) in [5.74, 6) is -1.09. The number of carbonyl (C=O) groups is 2. The average molecular weight is 381 g/mol. The lowest BCUT2D eigenvalue weighted by Gasteiger charge is -2.19. The molecule has 0 aromatic heterocycles. The Morgan fingerprint density at radius 1 is 1.04 bits per heavy atom. The predicted molar refractivity (Wildman–Crippen MR) is 108 cm³/mol. The summed E-state index contributed by atoms with van der Waals surface area (Å²) in [6.45, 7) is 1.79. The number of hydrogen-bond acceptors (Lipinski definition) is 3. The van der Waals surface area contributed by atoms with Crippen LogP contribution >= 0.6 is 0 Å². The lowest BCUT2D eigenvalue weighted by atomic mass is 9.89. The van der Waals surface area contributed by atoms with Crippen LogP contribution in [0.2, 0.25) is 0 Å². The summed E-state index contributed by atoms with van der Waals surface area (Å²) < 4.78 is 13.8. The van der Waals surface area contributed by atoms with Crippen molar-refractivity contribution in [3.05, 3.63) is 65.5 Å². The highest BCUT2D eigenvalue weighted by Crippen LogP contribution is 2.23. The minimum atomic E-state index is -0.570. The van der Waals surface area contributed by atoms with Gasteiger partial charge in [-0.1, -0.05) is 43.5 Å². The molecule has 0 aliphatic heterocycles. The Morgan fingerprint density at radius 3 is 2.54 bits per heavy atom. The summed E-state index contributed by atoms with van der Waals surface area (Å²) in [4.78, 5) is 24.5. The van der Waals surface area contributed by atoms with Crippen molar-refractivity contribution in [2.45, 2.75) is 39.0 Å². The van der Waals surface area contributed by atoms with E-state index in [0.29, 0.717) is 11.4 Å². The van der Waals surface area contributed by atoms with E-state index in [1.165, 1.54) is 24.6 Å². The van der Waals surface area contributed by atoms with Crippen molar-refractivity contribution in [2.75, 3.05) is 5.32 Å². The third-order valence-corrected chi connectivity index (χ3v) is 4.97. The number of amides is 2. The van der Waals surface area contributed by atoms with Crippen LogP contribution in [0.3, 0.4) is 0 Å². The second kappa shape index (κ2) is 9.26. The van der Waals surface area contributed by atoms with Crippen LogP contribution < -0.4 is 10.7 Å². The van der Waals surface area contributed by atoms with Crippen molar-refractivity contribution in [1.29, 1.82) is 0 Å². The number of nitrogens with one attached hydrogen (secondary N) is 2. The first-order valence-corrected chi connectivity index (χ1v) is 9.55. The van der Waals surface area contributed by atoms with Crippen molar-refractivity contribution in [3.8, 4) is 0 Å². The maximum absolute atomic E-state index is 13.8. The first-order chi connectivity index (χ1) is 13.5. The molecule has 2 N–H and O–H groups in total. The molecule has 0 spiro atoms. The highest BCUT2D eigenvalue weighted by Gasteiger charge is 2.20. The van der Waals surface area contributed by atoms with Crippen molar-refractivity contribution >= 4 is 23.2 Å². The van der Waals surface area contributed by atoms with Gasteiger partial charge in [0.05, 0.1) is 11.3 Å². The number of carbonyl (C=O) groups excluding carboxylic acids is 2. The topological polar surface area (TPSA) is 70.6 Å². The molecular weight excluding hydrogens is 357 g/mol. The van der Waals surface area contributed by atoms with Crippen LogP contribution in [0.1, 0.15) is 54.9 Å². The minimum absolute atomic E-state index is 0.0157. The van der Waals surface area contributed by atoms with Gasteiger partial charge in [-0.3, -0.25) is 9.59 Å². The Morgan fingerprint density at radius 2 is 1.79 bits per heavy atom. The molecule has 5 nitrogen and oxygen atoms in total. The second-order valence-electron chi connectivity index (χ2n) is 7.02. The first-order valence-electron chi connectivity index (χ1n) is 9.55. The molecule has 2 aromatic rings. The Labute approximate surface area is 164 Å². The molecule has 1 aliphatic rings. The molecule has 3 rings (SSSR count). The fourth-order valence-corrected chi connectivity index (χ4v) is 3.33. The molecule has 0 saturated heterocycles. The lowest BCUT2D eigenvalue weighted by molar-refractivity contribution is -0.125.